The Kier molecular flexibility index (Phi) is 3.76. The Morgan fingerprint density at radius 1 is 1.44 bits per heavy atom. The van der Waals surface area contributed by atoms with Gasteiger partial charge in [0.15, 0.2) is 0 Å². The molecule has 1 amide bonds. The Hall–Kier alpha value is -2.11. The van der Waals surface area contributed by atoms with Gasteiger partial charge in [0.25, 0.3) is 0 Å². The summed E-state index contributed by atoms with van der Waals surface area (Å²) in [7, 11) is 0. The minimum absolute atomic E-state index is 0.0207. The molecular formula is C12H14N2O4. The molecule has 0 atom stereocenters. The SMILES string of the molecule is O=C(CCOc1ccc(C(=O)O)nc1)NC1CC1. The van der Waals surface area contributed by atoms with E-state index in [4.69, 9.17) is 9.84 Å². The second-order valence-electron chi connectivity index (χ2n) is 4.12. The van der Waals surface area contributed by atoms with E-state index in [1.54, 1.807) is 0 Å². The lowest BCUT2D eigenvalue weighted by Gasteiger charge is -2.06. The third-order valence-electron chi connectivity index (χ3n) is 2.50. The summed E-state index contributed by atoms with van der Waals surface area (Å²) in [4.78, 5) is 25.6. The summed E-state index contributed by atoms with van der Waals surface area (Å²) in [6, 6.07) is 3.24. The summed E-state index contributed by atoms with van der Waals surface area (Å²) in [5, 5.41) is 11.5. The van der Waals surface area contributed by atoms with E-state index in [0.29, 0.717) is 11.8 Å². The highest BCUT2D eigenvalue weighted by molar-refractivity contribution is 5.85. The molecule has 6 nitrogen and oxygen atoms in total. The molecule has 2 N–H and O–H groups in total. The van der Waals surface area contributed by atoms with Crippen molar-refractivity contribution in [2.45, 2.75) is 25.3 Å². The van der Waals surface area contributed by atoms with Gasteiger partial charge in [-0.25, -0.2) is 9.78 Å². The van der Waals surface area contributed by atoms with Crippen LogP contribution in [0.25, 0.3) is 0 Å². The number of nitrogens with one attached hydrogen (secondary N) is 1. The second kappa shape index (κ2) is 5.48. The largest absolute Gasteiger partial charge is 0.491 e. The van der Waals surface area contributed by atoms with Crippen LogP contribution in [0.4, 0.5) is 0 Å². The normalized spacial score (nSPS) is 14.0. The van der Waals surface area contributed by atoms with E-state index in [0.717, 1.165) is 12.8 Å². The summed E-state index contributed by atoms with van der Waals surface area (Å²) in [6.45, 7) is 0.257. The van der Waals surface area contributed by atoms with Crippen molar-refractivity contribution in [1.29, 1.82) is 0 Å². The van der Waals surface area contributed by atoms with Gasteiger partial charge in [0.1, 0.15) is 11.4 Å². The molecule has 0 aromatic carbocycles. The molecule has 0 unspecified atom stereocenters. The van der Waals surface area contributed by atoms with E-state index in [9.17, 15) is 9.59 Å². The molecule has 6 heteroatoms. The van der Waals surface area contributed by atoms with Gasteiger partial charge in [-0.1, -0.05) is 0 Å². The van der Waals surface area contributed by atoms with Gasteiger partial charge in [-0.2, -0.15) is 0 Å². The van der Waals surface area contributed by atoms with Gasteiger partial charge in [-0.05, 0) is 25.0 Å². The molecule has 1 saturated carbocycles. The van der Waals surface area contributed by atoms with Gasteiger partial charge in [0.05, 0.1) is 19.2 Å². The van der Waals surface area contributed by atoms with Gasteiger partial charge in [-0.15, -0.1) is 0 Å². The van der Waals surface area contributed by atoms with Crippen LogP contribution in [0.15, 0.2) is 18.3 Å². The number of pyridine rings is 1. The van der Waals surface area contributed by atoms with Crippen molar-refractivity contribution in [3.63, 3.8) is 0 Å². The first-order valence-corrected chi connectivity index (χ1v) is 5.76. The number of hydrogen-bond donors (Lipinski definition) is 2. The Balaban J connectivity index is 1.72. The smallest absolute Gasteiger partial charge is 0.354 e. The van der Waals surface area contributed by atoms with Crippen molar-refractivity contribution in [3.8, 4) is 5.75 Å². The lowest BCUT2D eigenvalue weighted by atomic mass is 10.3. The highest BCUT2D eigenvalue weighted by Crippen LogP contribution is 2.18. The summed E-state index contributed by atoms with van der Waals surface area (Å²) in [5.41, 5.74) is -0.0335. The standard InChI is InChI=1S/C12H14N2O4/c15-11(14-8-1-2-8)5-6-18-9-3-4-10(12(16)17)13-7-9/h3-4,7-8H,1-2,5-6H2,(H,14,15)(H,16,17). The van der Waals surface area contributed by atoms with Gasteiger partial charge in [0.2, 0.25) is 5.91 Å². The lowest BCUT2D eigenvalue weighted by Crippen LogP contribution is -2.26. The lowest BCUT2D eigenvalue weighted by molar-refractivity contribution is -0.121. The van der Waals surface area contributed by atoms with Gasteiger partial charge in [0, 0.05) is 6.04 Å². The van der Waals surface area contributed by atoms with Gasteiger partial charge >= 0.3 is 5.97 Å². The minimum Gasteiger partial charge on any atom is -0.491 e. The number of carboxylic acid groups (broad SMARTS) is 1. The van der Waals surface area contributed by atoms with E-state index in [2.05, 4.69) is 10.3 Å². The van der Waals surface area contributed by atoms with Crippen LogP contribution in [-0.2, 0) is 4.79 Å². The summed E-state index contributed by atoms with van der Waals surface area (Å²) in [5.74, 6) is -0.641. The summed E-state index contributed by atoms with van der Waals surface area (Å²) in [6.07, 6.45) is 3.75. The Morgan fingerprint density at radius 3 is 2.78 bits per heavy atom. The quantitative estimate of drug-likeness (QED) is 0.780. The van der Waals surface area contributed by atoms with Crippen molar-refractivity contribution in [3.05, 3.63) is 24.0 Å². The van der Waals surface area contributed by atoms with E-state index < -0.39 is 5.97 Å². The fourth-order valence-corrected chi connectivity index (χ4v) is 1.38. The van der Waals surface area contributed by atoms with Gasteiger partial charge < -0.3 is 15.2 Å². The van der Waals surface area contributed by atoms with Crippen LogP contribution in [0.5, 0.6) is 5.75 Å². The predicted molar refractivity (Wildman–Crippen MR) is 62.5 cm³/mol. The average molecular weight is 250 g/mol. The van der Waals surface area contributed by atoms with Crippen LogP contribution in [-0.4, -0.2) is 34.6 Å². The molecule has 1 heterocycles. The number of carboxylic acids is 1. The third kappa shape index (κ3) is 3.73. The molecule has 1 fully saturated rings. The highest BCUT2D eigenvalue weighted by Gasteiger charge is 2.22. The molecule has 0 radical (unpaired) electrons. The second-order valence-corrected chi connectivity index (χ2v) is 4.12. The van der Waals surface area contributed by atoms with Crippen molar-refractivity contribution in [2.24, 2.45) is 0 Å². The molecule has 2 rings (SSSR count). The topological polar surface area (TPSA) is 88.5 Å². The van der Waals surface area contributed by atoms with Crippen LogP contribution >= 0.6 is 0 Å². The zero-order valence-electron chi connectivity index (χ0n) is 9.76. The molecule has 1 aliphatic rings. The highest BCUT2D eigenvalue weighted by atomic mass is 16.5. The molecule has 96 valence electrons. The van der Waals surface area contributed by atoms with E-state index in [1.807, 2.05) is 0 Å². The first kappa shape index (κ1) is 12.3. The number of aromatic nitrogens is 1. The number of aromatic carboxylic acids is 1. The zero-order valence-corrected chi connectivity index (χ0v) is 9.76. The monoisotopic (exact) mass is 250 g/mol. The maximum Gasteiger partial charge on any atom is 0.354 e. The number of rotatable bonds is 6. The Bertz CT molecular complexity index is 440. The van der Waals surface area contributed by atoms with Gasteiger partial charge in [-0.3, -0.25) is 4.79 Å². The van der Waals surface area contributed by atoms with Crippen LogP contribution < -0.4 is 10.1 Å². The third-order valence-corrected chi connectivity index (χ3v) is 2.50. The van der Waals surface area contributed by atoms with E-state index in [1.165, 1.54) is 18.3 Å². The molecule has 0 spiro atoms. The van der Waals surface area contributed by atoms with Crippen molar-refractivity contribution in [2.75, 3.05) is 6.61 Å². The zero-order chi connectivity index (χ0) is 13.0. The molecule has 0 saturated heterocycles. The molecule has 1 aromatic heterocycles. The van der Waals surface area contributed by atoms with E-state index >= 15 is 0 Å². The first-order valence-electron chi connectivity index (χ1n) is 5.76. The number of carbonyl (C=O) groups is 2. The first-order chi connectivity index (χ1) is 8.65. The van der Waals surface area contributed by atoms with Crippen LogP contribution in [0.1, 0.15) is 29.8 Å². The number of amides is 1. The molecule has 18 heavy (non-hydrogen) atoms. The molecule has 1 aromatic rings. The molecule has 0 aliphatic heterocycles. The average Bonchev–Trinajstić information content (AvgIpc) is 3.13. The maximum absolute atomic E-state index is 11.3. The maximum atomic E-state index is 11.3. The van der Waals surface area contributed by atoms with E-state index in [-0.39, 0.29) is 24.6 Å². The Labute approximate surface area is 104 Å². The predicted octanol–water partition coefficient (Wildman–Crippen LogP) is 0.827. The van der Waals surface area contributed by atoms with Crippen molar-refractivity contribution >= 4 is 11.9 Å². The molecular weight excluding hydrogens is 236 g/mol. The summed E-state index contributed by atoms with van der Waals surface area (Å²) >= 11 is 0. The fourth-order valence-electron chi connectivity index (χ4n) is 1.38. The number of nitrogens with zero attached hydrogens (tertiary/aromatic N) is 1. The molecule has 1 aliphatic carbocycles. The fraction of sp³-hybridized carbons (Fsp3) is 0.417. The number of ether oxygens (including phenoxy) is 1. The number of carbonyl (C=O) groups excluding carboxylic acids is 1. The van der Waals surface area contributed by atoms with Crippen LogP contribution in [0.2, 0.25) is 0 Å². The van der Waals surface area contributed by atoms with Crippen molar-refractivity contribution in [1.82, 2.24) is 10.3 Å². The van der Waals surface area contributed by atoms with Crippen LogP contribution in [0, 0.1) is 0 Å². The Morgan fingerprint density at radius 2 is 2.22 bits per heavy atom. The number of hydrogen-bond acceptors (Lipinski definition) is 4. The van der Waals surface area contributed by atoms with Crippen LogP contribution in [0.3, 0.4) is 0 Å². The summed E-state index contributed by atoms with van der Waals surface area (Å²) < 4.78 is 5.30. The van der Waals surface area contributed by atoms with Crippen molar-refractivity contribution < 1.29 is 19.4 Å². The molecule has 0 bridgehead atoms. The minimum atomic E-state index is -1.08.